The van der Waals surface area contributed by atoms with Crippen molar-refractivity contribution in [3.05, 3.63) is 33.8 Å². The van der Waals surface area contributed by atoms with E-state index < -0.39 is 15.9 Å². The summed E-state index contributed by atoms with van der Waals surface area (Å²) >= 11 is 12.0. The lowest BCUT2D eigenvalue weighted by Gasteiger charge is -2.29. The summed E-state index contributed by atoms with van der Waals surface area (Å²) in [4.78, 5) is 26.4. The largest absolute Gasteiger partial charge is 0.336 e. The lowest BCUT2D eigenvalue weighted by molar-refractivity contribution is -0.134. The van der Waals surface area contributed by atoms with Gasteiger partial charge in [-0.15, -0.1) is 0 Å². The molecular weight excluding hydrogens is 413 g/mol. The second kappa shape index (κ2) is 7.77. The third-order valence-electron chi connectivity index (χ3n) is 4.63. The van der Waals surface area contributed by atoms with Crippen molar-refractivity contribution in [1.82, 2.24) is 9.91 Å². The zero-order chi connectivity index (χ0) is 19.8. The van der Waals surface area contributed by atoms with E-state index in [4.69, 9.17) is 23.2 Å². The van der Waals surface area contributed by atoms with Crippen LogP contribution in [0, 0.1) is 0 Å². The second-order valence-electron chi connectivity index (χ2n) is 6.74. The van der Waals surface area contributed by atoms with Crippen molar-refractivity contribution in [1.29, 1.82) is 0 Å². The number of halogens is 2. The number of amides is 2. The van der Waals surface area contributed by atoms with Gasteiger partial charge in [0.15, 0.2) is 9.84 Å². The number of benzene rings is 1. The van der Waals surface area contributed by atoms with Gasteiger partial charge in [0.05, 0.1) is 17.5 Å². The van der Waals surface area contributed by atoms with Crippen LogP contribution in [0.1, 0.15) is 24.8 Å². The molecule has 0 unspecified atom stereocenters. The molecule has 2 heterocycles. The number of hydrazone groups is 1. The summed E-state index contributed by atoms with van der Waals surface area (Å²) in [5.74, 6) is -0.647. The first-order valence-corrected chi connectivity index (χ1v) is 11.0. The fourth-order valence-corrected chi connectivity index (χ4v) is 5.34. The summed E-state index contributed by atoms with van der Waals surface area (Å²) in [5.41, 5.74) is 0.981. The summed E-state index contributed by atoms with van der Waals surface area (Å²) < 4.78 is 23.4. The lowest BCUT2D eigenvalue weighted by Crippen LogP contribution is -2.44. The van der Waals surface area contributed by atoms with Gasteiger partial charge in [0.2, 0.25) is 5.91 Å². The van der Waals surface area contributed by atoms with E-state index in [1.807, 2.05) is 0 Å². The molecule has 2 aliphatic heterocycles. The van der Waals surface area contributed by atoms with Gasteiger partial charge in [0, 0.05) is 36.5 Å². The van der Waals surface area contributed by atoms with E-state index in [0.29, 0.717) is 16.5 Å². The van der Waals surface area contributed by atoms with Crippen LogP contribution in [0.3, 0.4) is 0 Å². The number of carbonyl (C=O) groups is 2. The smallest absolute Gasteiger partial charge is 0.270 e. The Balaban J connectivity index is 1.74. The van der Waals surface area contributed by atoms with Gasteiger partial charge in [-0.2, -0.15) is 5.10 Å². The first kappa shape index (κ1) is 20.1. The number of hydrogen-bond acceptors (Lipinski definition) is 5. The van der Waals surface area contributed by atoms with Crippen molar-refractivity contribution in [3.63, 3.8) is 0 Å². The normalized spacial score (nSPS) is 21.9. The number of nitrogens with zero attached hydrogens (tertiary/aromatic N) is 3. The zero-order valence-electron chi connectivity index (χ0n) is 14.7. The Morgan fingerprint density at radius 1 is 1.33 bits per heavy atom. The maximum Gasteiger partial charge on any atom is 0.270 e. The molecule has 1 aromatic rings. The molecule has 0 aliphatic carbocycles. The van der Waals surface area contributed by atoms with Crippen LogP contribution in [-0.4, -0.2) is 60.4 Å². The molecule has 1 fully saturated rings. The molecule has 1 atom stereocenters. The average Bonchev–Trinajstić information content (AvgIpc) is 2.97. The third kappa shape index (κ3) is 4.62. The monoisotopic (exact) mass is 431 g/mol. The molecule has 1 saturated heterocycles. The predicted molar refractivity (Wildman–Crippen MR) is 104 cm³/mol. The van der Waals surface area contributed by atoms with Gasteiger partial charge >= 0.3 is 0 Å². The molecule has 2 aliphatic rings. The number of hydrogen-bond donors (Lipinski definition) is 0. The van der Waals surface area contributed by atoms with E-state index in [1.54, 1.807) is 25.2 Å². The molecule has 1 aromatic carbocycles. The van der Waals surface area contributed by atoms with E-state index in [0.717, 1.165) is 5.56 Å². The van der Waals surface area contributed by atoms with Gasteiger partial charge in [-0.25, -0.2) is 13.4 Å². The van der Waals surface area contributed by atoms with Gasteiger partial charge in [0.1, 0.15) is 5.71 Å². The number of rotatable bonds is 4. The maximum absolute atomic E-state index is 12.7. The fourth-order valence-electron chi connectivity index (χ4n) is 3.18. The second-order valence-corrected chi connectivity index (χ2v) is 9.81. The quantitative estimate of drug-likeness (QED) is 0.730. The minimum atomic E-state index is -3.16. The van der Waals surface area contributed by atoms with Gasteiger partial charge in [0.25, 0.3) is 5.91 Å². The van der Waals surface area contributed by atoms with E-state index in [2.05, 4.69) is 5.10 Å². The van der Waals surface area contributed by atoms with Gasteiger partial charge in [-0.1, -0.05) is 29.3 Å². The standard InChI is InChI=1S/C17H19Cl2N3O4S/c1-21(9-11-2-3-12(18)8-14(11)19)17(24)15-4-5-16(23)22(20-15)13-6-7-27(25,26)10-13/h2-3,8,13H,4-7,9-10H2,1H3/t13-/m1/s1. The Bertz CT molecular complexity index is 917. The maximum atomic E-state index is 12.7. The van der Waals surface area contributed by atoms with Crippen molar-refractivity contribution in [2.45, 2.75) is 31.8 Å². The highest BCUT2D eigenvalue weighted by molar-refractivity contribution is 7.91. The van der Waals surface area contributed by atoms with E-state index in [-0.39, 0.29) is 48.4 Å². The molecule has 0 bridgehead atoms. The molecule has 10 heteroatoms. The highest BCUT2D eigenvalue weighted by Crippen LogP contribution is 2.24. The van der Waals surface area contributed by atoms with Crippen LogP contribution in [0.15, 0.2) is 23.3 Å². The summed E-state index contributed by atoms with van der Waals surface area (Å²) in [6.07, 6.45) is 0.707. The molecule has 0 N–H and O–H groups in total. The van der Waals surface area contributed by atoms with Crippen molar-refractivity contribution in [3.8, 4) is 0 Å². The highest BCUT2D eigenvalue weighted by Gasteiger charge is 2.37. The highest BCUT2D eigenvalue weighted by atomic mass is 35.5. The first-order chi connectivity index (χ1) is 12.7. The zero-order valence-corrected chi connectivity index (χ0v) is 17.0. The number of carbonyl (C=O) groups excluding carboxylic acids is 2. The Kier molecular flexibility index (Phi) is 5.79. The molecule has 2 amide bonds. The van der Waals surface area contributed by atoms with Crippen LogP contribution in [0.5, 0.6) is 0 Å². The Morgan fingerprint density at radius 2 is 2.07 bits per heavy atom. The van der Waals surface area contributed by atoms with Gasteiger partial charge < -0.3 is 4.90 Å². The summed E-state index contributed by atoms with van der Waals surface area (Å²) in [6, 6.07) is 4.55. The molecule has 27 heavy (non-hydrogen) atoms. The van der Waals surface area contributed by atoms with Gasteiger partial charge in [-0.3, -0.25) is 9.59 Å². The molecule has 3 rings (SSSR count). The topological polar surface area (TPSA) is 87.1 Å². The molecular formula is C17H19Cl2N3O4S. The van der Waals surface area contributed by atoms with Crippen molar-refractivity contribution < 1.29 is 18.0 Å². The summed E-state index contributed by atoms with van der Waals surface area (Å²) in [7, 11) is -1.53. The van der Waals surface area contributed by atoms with Crippen LogP contribution in [0.25, 0.3) is 0 Å². The van der Waals surface area contributed by atoms with Crippen molar-refractivity contribution >= 4 is 50.6 Å². The van der Waals surface area contributed by atoms with Crippen molar-refractivity contribution in [2.75, 3.05) is 18.6 Å². The first-order valence-electron chi connectivity index (χ1n) is 8.45. The van der Waals surface area contributed by atoms with Crippen LogP contribution in [0.4, 0.5) is 0 Å². The van der Waals surface area contributed by atoms with Crippen molar-refractivity contribution in [2.24, 2.45) is 5.10 Å². The predicted octanol–water partition coefficient (Wildman–Crippen LogP) is 2.12. The minimum Gasteiger partial charge on any atom is -0.336 e. The van der Waals surface area contributed by atoms with E-state index >= 15 is 0 Å². The third-order valence-corrected chi connectivity index (χ3v) is 6.97. The molecule has 0 saturated carbocycles. The molecule has 0 aromatic heterocycles. The summed E-state index contributed by atoms with van der Waals surface area (Å²) in [5, 5.41) is 6.35. The summed E-state index contributed by atoms with van der Waals surface area (Å²) in [6.45, 7) is 0.264. The molecule has 146 valence electrons. The lowest BCUT2D eigenvalue weighted by atomic mass is 10.1. The Labute approximate surface area is 167 Å². The SMILES string of the molecule is CN(Cc1ccc(Cl)cc1Cl)C(=O)C1=NN([C@@H]2CCS(=O)(=O)C2)C(=O)CC1. The van der Waals surface area contributed by atoms with Crippen LogP contribution in [0.2, 0.25) is 10.0 Å². The Hall–Kier alpha value is -1.64. The van der Waals surface area contributed by atoms with Crippen LogP contribution in [-0.2, 0) is 26.0 Å². The van der Waals surface area contributed by atoms with E-state index in [9.17, 15) is 18.0 Å². The fraction of sp³-hybridized carbons (Fsp3) is 0.471. The molecule has 0 spiro atoms. The average molecular weight is 432 g/mol. The van der Waals surface area contributed by atoms with Crippen LogP contribution >= 0.6 is 23.2 Å². The minimum absolute atomic E-state index is 0.0369. The van der Waals surface area contributed by atoms with Crippen LogP contribution < -0.4 is 0 Å². The molecule has 0 radical (unpaired) electrons. The van der Waals surface area contributed by atoms with Gasteiger partial charge in [-0.05, 0) is 24.1 Å². The van der Waals surface area contributed by atoms with E-state index in [1.165, 1.54) is 9.91 Å². The Morgan fingerprint density at radius 3 is 2.70 bits per heavy atom. The number of sulfone groups is 1. The molecule has 7 nitrogen and oxygen atoms in total.